The van der Waals surface area contributed by atoms with Crippen molar-refractivity contribution in [1.29, 1.82) is 0 Å². The van der Waals surface area contributed by atoms with Crippen molar-refractivity contribution in [2.45, 2.75) is 0 Å². The maximum absolute atomic E-state index is 11.4. The van der Waals surface area contributed by atoms with Crippen molar-refractivity contribution < 1.29 is 9.59 Å². The van der Waals surface area contributed by atoms with Gasteiger partial charge in [0.25, 0.3) is 0 Å². The molecule has 1 rings (SSSR count). The predicted molar refractivity (Wildman–Crippen MR) is 70.0 cm³/mol. The van der Waals surface area contributed by atoms with E-state index in [2.05, 4.69) is 21.9 Å². The number of amides is 3. The van der Waals surface area contributed by atoms with Gasteiger partial charge in [-0.2, -0.15) is 0 Å². The first-order valence-electron chi connectivity index (χ1n) is 5.22. The zero-order valence-electron chi connectivity index (χ0n) is 9.69. The average molecular weight is 246 g/mol. The topological polar surface area (TPSA) is 96.2 Å². The second-order valence-corrected chi connectivity index (χ2v) is 3.42. The summed E-state index contributed by atoms with van der Waals surface area (Å²) in [4.78, 5) is 22.0. The van der Waals surface area contributed by atoms with Crippen LogP contribution in [0.3, 0.4) is 0 Å². The van der Waals surface area contributed by atoms with E-state index in [1.54, 1.807) is 24.3 Å². The zero-order chi connectivity index (χ0) is 13.4. The third-order valence-electron chi connectivity index (χ3n) is 1.95. The van der Waals surface area contributed by atoms with Gasteiger partial charge in [-0.1, -0.05) is 5.92 Å². The summed E-state index contributed by atoms with van der Waals surface area (Å²) in [6, 6.07) is 5.95. The number of nitrogens with one attached hydrogen (secondary N) is 3. The Balaban J connectivity index is 2.46. The molecule has 0 saturated carbocycles. The fourth-order valence-electron chi connectivity index (χ4n) is 1.23. The molecule has 0 unspecified atom stereocenters. The normalized spacial score (nSPS) is 9.28. The van der Waals surface area contributed by atoms with E-state index in [1.807, 2.05) is 0 Å². The lowest BCUT2D eigenvalue weighted by Gasteiger charge is -2.06. The van der Waals surface area contributed by atoms with E-state index < -0.39 is 6.03 Å². The lowest BCUT2D eigenvalue weighted by Crippen LogP contribution is -2.28. The molecule has 0 saturated heterocycles. The third kappa shape index (κ3) is 5.01. The van der Waals surface area contributed by atoms with E-state index in [9.17, 15) is 9.59 Å². The van der Waals surface area contributed by atoms with Crippen LogP contribution in [-0.2, 0) is 4.79 Å². The molecule has 1 aromatic carbocycles. The Kier molecular flexibility index (Phi) is 5.22. The summed E-state index contributed by atoms with van der Waals surface area (Å²) < 4.78 is 0. The van der Waals surface area contributed by atoms with Crippen molar-refractivity contribution in [1.82, 2.24) is 5.32 Å². The molecule has 18 heavy (non-hydrogen) atoms. The van der Waals surface area contributed by atoms with Crippen molar-refractivity contribution in [3.05, 3.63) is 24.3 Å². The molecule has 0 bridgehead atoms. The van der Waals surface area contributed by atoms with Crippen LogP contribution in [0.4, 0.5) is 16.2 Å². The third-order valence-corrected chi connectivity index (χ3v) is 1.95. The summed E-state index contributed by atoms with van der Waals surface area (Å²) in [7, 11) is 0. The van der Waals surface area contributed by atoms with Crippen molar-refractivity contribution in [2.24, 2.45) is 5.73 Å². The van der Waals surface area contributed by atoms with Crippen LogP contribution in [0.2, 0.25) is 0 Å². The van der Waals surface area contributed by atoms with Gasteiger partial charge in [-0.3, -0.25) is 10.1 Å². The molecule has 1 aromatic rings. The minimum Gasteiger partial charge on any atom is -0.351 e. The van der Waals surface area contributed by atoms with Crippen LogP contribution in [0.15, 0.2) is 24.3 Å². The van der Waals surface area contributed by atoms with Crippen LogP contribution in [0.5, 0.6) is 0 Å². The lowest BCUT2D eigenvalue weighted by atomic mass is 10.3. The zero-order valence-corrected chi connectivity index (χ0v) is 9.69. The maximum atomic E-state index is 11.4. The molecule has 5 N–H and O–H groups in total. The number of carbonyl (C=O) groups excluding carboxylic acids is 2. The largest absolute Gasteiger partial charge is 0.351 e. The van der Waals surface area contributed by atoms with Gasteiger partial charge in [0.1, 0.15) is 0 Å². The molecule has 0 heterocycles. The summed E-state index contributed by atoms with van der Waals surface area (Å²) in [6.07, 6.45) is 5.03. The molecule has 0 aliphatic carbocycles. The molecule has 0 radical (unpaired) electrons. The number of terminal acetylenes is 1. The lowest BCUT2D eigenvalue weighted by molar-refractivity contribution is -0.115. The molecule has 0 fully saturated rings. The molecular formula is C12H14N4O2. The van der Waals surface area contributed by atoms with Gasteiger partial charge >= 0.3 is 6.03 Å². The Morgan fingerprint density at radius 1 is 1.17 bits per heavy atom. The number of hydrogen-bond acceptors (Lipinski definition) is 3. The Morgan fingerprint density at radius 3 is 2.22 bits per heavy atom. The highest BCUT2D eigenvalue weighted by molar-refractivity contribution is 5.93. The molecule has 0 atom stereocenters. The maximum Gasteiger partial charge on any atom is 0.316 e. The molecule has 0 aliphatic rings. The average Bonchev–Trinajstić information content (AvgIpc) is 2.31. The van der Waals surface area contributed by atoms with Gasteiger partial charge in [-0.25, -0.2) is 4.79 Å². The van der Waals surface area contributed by atoms with Crippen LogP contribution in [0.1, 0.15) is 0 Å². The molecule has 6 heteroatoms. The highest BCUT2D eigenvalue weighted by Gasteiger charge is 2.01. The first-order valence-corrected chi connectivity index (χ1v) is 5.22. The highest BCUT2D eigenvalue weighted by atomic mass is 16.2. The standard InChI is InChI=1S/C12H14N4O2/c1-2-7-14-8-11(17)15-9-3-5-10(6-4-9)16-12(13)18/h1,3-6,14H,7-8H2,(H,15,17)(H3,13,16,18). The van der Waals surface area contributed by atoms with E-state index in [0.717, 1.165) is 0 Å². The fraction of sp³-hybridized carbons (Fsp3) is 0.167. The van der Waals surface area contributed by atoms with Gasteiger partial charge in [0.15, 0.2) is 0 Å². The van der Waals surface area contributed by atoms with Gasteiger partial charge < -0.3 is 16.4 Å². The van der Waals surface area contributed by atoms with Gasteiger partial charge in [0.2, 0.25) is 5.91 Å². The predicted octanol–water partition coefficient (Wildman–Crippen LogP) is 0.338. The van der Waals surface area contributed by atoms with E-state index in [1.165, 1.54) is 0 Å². The van der Waals surface area contributed by atoms with Crippen molar-refractivity contribution >= 4 is 23.3 Å². The van der Waals surface area contributed by atoms with Crippen molar-refractivity contribution in [2.75, 3.05) is 23.7 Å². The van der Waals surface area contributed by atoms with E-state index in [-0.39, 0.29) is 12.5 Å². The number of nitrogens with two attached hydrogens (primary N) is 1. The number of rotatable bonds is 5. The number of primary amides is 1. The van der Waals surface area contributed by atoms with E-state index in [0.29, 0.717) is 17.9 Å². The second kappa shape index (κ2) is 6.93. The Morgan fingerprint density at radius 2 is 1.72 bits per heavy atom. The quantitative estimate of drug-likeness (QED) is 0.445. The second-order valence-electron chi connectivity index (χ2n) is 3.42. The number of hydrogen-bond donors (Lipinski definition) is 4. The van der Waals surface area contributed by atoms with Crippen LogP contribution in [0, 0.1) is 12.3 Å². The van der Waals surface area contributed by atoms with Crippen molar-refractivity contribution in [3.8, 4) is 12.3 Å². The Bertz CT molecular complexity index is 462. The minimum atomic E-state index is -0.634. The Labute approximate surface area is 105 Å². The number of benzene rings is 1. The minimum absolute atomic E-state index is 0.144. The van der Waals surface area contributed by atoms with Gasteiger partial charge in [-0.15, -0.1) is 6.42 Å². The first kappa shape index (κ1) is 13.5. The van der Waals surface area contributed by atoms with Crippen molar-refractivity contribution in [3.63, 3.8) is 0 Å². The van der Waals surface area contributed by atoms with Crippen LogP contribution in [0.25, 0.3) is 0 Å². The Hall–Kier alpha value is -2.52. The molecule has 0 aliphatic heterocycles. The van der Waals surface area contributed by atoms with Gasteiger partial charge in [-0.05, 0) is 24.3 Å². The van der Waals surface area contributed by atoms with Crippen LogP contribution < -0.4 is 21.7 Å². The summed E-state index contributed by atoms with van der Waals surface area (Å²) in [5.74, 6) is 2.18. The summed E-state index contributed by atoms with van der Waals surface area (Å²) in [6.45, 7) is 0.486. The summed E-state index contributed by atoms with van der Waals surface area (Å²) in [5.41, 5.74) is 6.15. The van der Waals surface area contributed by atoms with Gasteiger partial charge in [0, 0.05) is 11.4 Å². The first-order chi connectivity index (χ1) is 8.61. The molecule has 0 aromatic heterocycles. The summed E-state index contributed by atoms with van der Waals surface area (Å²) in [5, 5.41) is 7.86. The molecular weight excluding hydrogens is 232 g/mol. The highest BCUT2D eigenvalue weighted by Crippen LogP contribution is 2.12. The molecule has 6 nitrogen and oxygen atoms in total. The van der Waals surface area contributed by atoms with Gasteiger partial charge in [0.05, 0.1) is 13.1 Å². The van der Waals surface area contributed by atoms with E-state index in [4.69, 9.17) is 12.2 Å². The summed E-state index contributed by atoms with van der Waals surface area (Å²) >= 11 is 0. The fourth-order valence-corrected chi connectivity index (χ4v) is 1.23. The molecule has 94 valence electrons. The molecule has 3 amide bonds. The number of urea groups is 1. The SMILES string of the molecule is C#CCNCC(=O)Nc1ccc(NC(N)=O)cc1. The molecule has 0 spiro atoms. The number of carbonyl (C=O) groups is 2. The van der Waals surface area contributed by atoms with Crippen LogP contribution >= 0.6 is 0 Å². The monoisotopic (exact) mass is 246 g/mol. The number of anilines is 2. The van der Waals surface area contributed by atoms with Crippen LogP contribution in [-0.4, -0.2) is 25.0 Å². The smallest absolute Gasteiger partial charge is 0.316 e. The van der Waals surface area contributed by atoms with E-state index >= 15 is 0 Å².